The molecule has 0 aliphatic rings. The summed E-state index contributed by atoms with van der Waals surface area (Å²) in [5, 5.41) is 14.9. The van der Waals surface area contributed by atoms with Crippen LogP contribution in [0.3, 0.4) is 0 Å². The lowest BCUT2D eigenvalue weighted by molar-refractivity contribution is -0.385. The van der Waals surface area contributed by atoms with Crippen molar-refractivity contribution >= 4 is 17.4 Å². The van der Waals surface area contributed by atoms with Gasteiger partial charge in [-0.25, -0.2) is 14.5 Å². The number of nitro benzene ring substituents is 1. The molecule has 0 fully saturated rings. The number of ether oxygens (including phenoxy) is 1. The number of Topliss-reactive ketones (excluding diaryl/α,β-unsaturated/α-hetero) is 1. The van der Waals surface area contributed by atoms with Crippen molar-refractivity contribution in [2.45, 2.75) is 6.92 Å². The number of rotatable bonds is 6. The van der Waals surface area contributed by atoms with Crippen LogP contribution < -0.4 is 0 Å². The summed E-state index contributed by atoms with van der Waals surface area (Å²) in [6.45, 7) is 1.07. The van der Waals surface area contributed by atoms with Gasteiger partial charge in [0.1, 0.15) is 12.7 Å². The van der Waals surface area contributed by atoms with E-state index in [1.54, 1.807) is 31.2 Å². The van der Waals surface area contributed by atoms with Gasteiger partial charge in [-0.15, -0.1) is 0 Å². The molecule has 3 rings (SSSR count). The molecule has 0 saturated carbocycles. The van der Waals surface area contributed by atoms with E-state index in [9.17, 15) is 19.7 Å². The molecule has 9 nitrogen and oxygen atoms in total. The van der Waals surface area contributed by atoms with Crippen LogP contribution in [0.4, 0.5) is 5.69 Å². The van der Waals surface area contributed by atoms with Gasteiger partial charge in [-0.1, -0.05) is 12.1 Å². The summed E-state index contributed by atoms with van der Waals surface area (Å²) < 4.78 is 6.54. The highest BCUT2D eigenvalue weighted by Crippen LogP contribution is 2.19. The SMILES string of the molecule is Cc1ccc(C(=O)COC(=O)c2ccc(-n3cncn3)cc2)cc1[N+](=O)[O-]. The molecule has 1 aromatic heterocycles. The largest absolute Gasteiger partial charge is 0.454 e. The zero-order valence-electron chi connectivity index (χ0n) is 14.2. The number of esters is 1. The molecule has 2 aromatic carbocycles. The molecule has 0 aliphatic heterocycles. The Morgan fingerprint density at radius 1 is 1.15 bits per heavy atom. The van der Waals surface area contributed by atoms with Crippen LogP contribution in [0.5, 0.6) is 0 Å². The quantitative estimate of drug-likeness (QED) is 0.285. The number of aromatic nitrogens is 3. The molecule has 27 heavy (non-hydrogen) atoms. The van der Waals surface area contributed by atoms with Crippen molar-refractivity contribution in [1.29, 1.82) is 0 Å². The number of carbonyl (C=O) groups is 2. The van der Waals surface area contributed by atoms with Gasteiger partial charge in [0.2, 0.25) is 5.78 Å². The van der Waals surface area contributed by atoms with Crippen LogP contribution in [0.1, 0.15) is 26.3 Å². The Kier molecular flexibility index (Phi) is 5.02. The van der Waals surface area contributed by atoms with Crippen molar-refractivity contribution in [2.24, 2.45) is 0 Å². The number of ketones is 1. The first-order valence-electron chi connectivity index (χ1n) is 7.86. The monoisotopic (exact) mass is 366 g/mol. The molecular formula is C18H14N4O5. The van der Waals surface area contributed by atoms with E-state index in [1.165, 1.54) is 35.5 Å². The van der Waals surface area contributed by atoms with Crippen LogP contribution >= 0.6 is 0 Å². The maximum Gasteiger partial charge on any atom is 0.338 e. The molecule has 0 unspecified atom stereocenters. The number of carbonyl (C=O) groups excluding carboxylic acids is 2. The van der Waals surface area contributed by atoms with Gasteiger partial charge < -0.3 is 4.74 Å². The zero-order chi connectivity index (χ0) is 19.4. The third-order valence-electron chi connectivity index (χ3n) is 3.85. The first kappa shape index (κ1) is 17.9. The minimum absolute atomic E-state index is 0.113. The highest BCUT2D eigenvalue weighted by atomic mass is 16.6. The van der Waals surface area contributed by atoms with Gasteiger partial charge in [0.05, 0.1) is 16.2 Å². The lowest BCUT2D eigenvalue weighted by Gasteiger charge is -2.06. The molecule has 3 aromatic rings. The van der Waals surface area contributed by atoms with E-state index < -0.39 is 23.3 Å². The van der Waals surface area contributed by atoms with E-state index in [0.29, 0.717) is 11.3 Å². The van der Waals surface area contributed by atoms with Crippen molar-refractivity contribution in [3.8, 4) is 5.69 Å². The van der Waals surface area contributed by atoms with E-state index in [2.05, 4.69) is 10.1 Å². The smallest absolute Gasteiger partial charge is 0.338 e. The van der Waals surface area contributed by atoms with Crippen molar-refractivity contribution in [3.05, 3.63) is 81.9 Å². The topological polar surface area (TPSA) is 117 Å². The van der Waals surface area contributed by atoms with Gasteiger partial charge in [0.15, 0.2) is 6.61 Å². The average molecular weight is 366 g/mol. The second-order valence-electron chi connectivity index (χ2n) is 5.64. The Bertz CT molecular complexity index is 997. The Hall–Kier alpha value is -3.88. The lowest BCUT2D eigenvalue weighted by Crippen LogP contribution is -2.14. The molecule has 0 bridgehead atoms. The Balaban J connectivity index is 1.64. The Morgan fingerprint density at radius 2 is 1.85 bits per heavy atom. The van der Waals surface area contributed by atoms with Crippen LogP contribution in [0, 0.1) is 17.0 Å². The summed E-state index contributed by atoms with van der Waals surface area (Å²) in [7, 11) is 0. The maximum absolute atomic E-state index is 12.2. The average Bonchev–Trinajstić information content (AvgIpc) is 3.21. The molecule has 0 spiro atoms. The van der Waals surface area contributed by atoms with Crippen molar-refractivity contribution in [2.75, 3.05) is 6.61 Å². The lowest BCUT2D eigenvalue weighted by atomic mass is 10.1. The standard InChI is InChI=1S/C18H14N4O5/c1-12-2-3-14(8-16(12)22(25)26)17(23)9-27-18(24)13-4-6-15(7-5-13)21-11-19-10-20-21/h2-8,10-11H,9H2,1H3. The molecule has 0 N–H and O–H groups in total. The number of aryl methyl sites for hydroxylation is 1. The molecule has 0 amide bonds. The van der Waals surface area contributed by atoms with Gasteiger partial charge in [-0.05, 0) is 31.2 Å². The van der Waals surface area contributed by atoms with Crippen LogP contribution in [-0.2, 0) is 4.74 Å². The van der Waals surface area contributed by atoms with Gasteiger partial charge in [-0.3, -0.25) is 14.9 Å². The number of hydrogen-bond acceptors (Lipinski definition) is 7. The van der Waals surface area contributed by atoms with E-state index in [0.717, 1.165) is 0 Å². The third kappa shape index (κ3) is 4.03. The summed E-state index contributed by atoms with van der Waals surface area (Å²) in [4.78, 5) is 38.5. The normalized spacial score (nSPS) is 10.4. The van der Waals surface area contributed by atoms with E-state index in [-0.39, 0.29) is 16.8 Å². The van der Waals surface area contributed by atoms with E-state index in [1.807, 2.05) is 0 Å². The molecule has 0 atom stereocenters. The summed E-state index contributed by atoms with van der Waals surface area (Å²) in [6.07, 6.45) is 2.91. The summed E-state index contributed by atoms with van der Waals surface area (Å²) in [5.74, 6) is -1.19. The molecule has 1 heterocycles. The van der Waals surface area contributed by atoms with Crippen LogP contribution in [0.15, 0.2) is 55.1 Å². The van der Waals surface area contributed by atoms with Gasteiger partial charge in [0, 0.05) is 17.2 Å². The first-order chi connectivity index (χ1) is 13.0. The van der Waals surface area contributed by atoms with Crippen molar-refractivity contribution in [1.82, 2.24) is 14.8 Å². The van der Waals surface area contributed by atoms with E-state index in [4.69, 9.17) is 4.74 Å². The van der Waals surface area contributed by atoms with Gasteiger partial charge in [-0.2, -0.15) is 5.10 Å². The summed E-state index contributed by atoms with van der Waals surface area (Å²) in [6, 6.07) is 10.5. The predicted molar refractivity (Wildman–Crippen MR) is 93.8 cm³/mol. The van der Waals surface area contributed by atoms with Crippen LogP contribution in [-0.4, -0.2) is 38.0 Å². The molecule has 0 saturated heterocycles. The first-order valence-corrected chi connectivity index (χ1v) is 7.86. The van der Waals surface area contributed by atoms with Gasteiger partial charge >= 0.3 is 5.97 Å². The minimum Gasteiger partial charge on any atom is -0.454 e. The summed E-state index contributed by atoms with van der Waals surface area (Å²) >= 11 is 0. The molecule has 9 heteroatoms. The molecule has 0 aliphatic carbocycles. The zero-order valence-corrected chi connectivity index (χ0v) is 14.2. The molecule has 0 radical (unpaired) electrons. The molecule has 136 valence electrons. The summed E-state index contributed by atoms with van der Waals surface area (Å²) in [5.41, 5.74) is 1.38. The van der Waals surface area contributed by atoms with Crippen molar-refractivity contribution in [3.63, 3.8) is 0 Å². The number of hydrogen-bond donors (Lipinski definition) is 0. The molecular weight excluding hydrogens is 352 g/mol. The highest BCUT2D eigenvalue weighted by Gasteiger charge is 2.17. The number of benzene rings is 2. The highest BCUT2D eigenvalue weighted by molar-refractivity contribution is 5.99. The fourth-order valence-corrected chi connectivity index (χ4v) is 2.37. The number of nitro groups is 1. The second-order valence-corrected chi connectivity index (χ2v) is 5.64. The Labute approximate surface area is 153 Å². The van der Waals surface area contributed by atoms with Crippen LogP contribution in [0.25, 0.3) is 5.69 Å². The fraction of sp³-hybridized carbons (Fsp3) is 0.111. The number of nitrogens with zero attached hydrogens (tertiary/aromatic N) is 4. The minimum atomic E-state index is -0.671. The van der Waals surface area contributed by atoms with E-state index >= 15 is 0 Å². The van der Waals surface area contributed by atoms with Gasteiger partial charge in [0.25, 0.3) is 5.69 Å². The van der Waals surface area contributed by atoms with Crippen LogP contribution in [0.2, 0.25) is 0 Å². The Morgan fingerprint density at radius 3 is 2.48 bits per heavy atom. The predicted octanol–water partition coefficient (Wildman–Crippen LogP) is 2.52. The maximum atomic E-state index is 12.2. The van der Waals surface area contributed by atoms with Crippen molar-refractivity contribution < 1.29 is 19.2 Å². The third-order valence-corrected chi connectivity index (χ3v) is 3.85. The fourth-order valence-electron chi connectivity index (χ4n) is 2.37. The second kappa shape index (κ2) is 7.56.